The molecule has 2 aromatic heterocycles. The summed E-state index contributed by atoms with van der Waals surface area (Å²) in [5, 5.41) is 4.10. The van der Waals surface area contributed by atoms with Crippen LogP contribution in [0.5, 0.6) is 5.75 Å². The summed E-state index contributed by atoms with van der Waals surface area (Å²) in [6, 6.07) is 0.260. The summed E-state index contributed by atoms with van der Waals surface area (Å²) < 4.78 is 7.18. The molecule has 146 valence electrons. The lowest BCUT2D eigenvalue weighted by Gasteiger charge is -2.36. The standard InChI is InChI=1S/C20H29N5O2/c1-14-10-21-18(15(2)19(14)27-5)13-25-8-6-17(7-9-25)24(4)20(26)16-11-22-23(3)12-16/h10-12,17H,6-9,13H2,1-5H3. The first-order chi connectivity index (χ1) is 12.9. The van der Waals surface area contributed by atoms with Gasteiger partial charge in [-0.1, -0.05) is 0 Å². The number of amides is 1. The van der Waals surface area contributed by atoms with Gasteiger partial charge in [-0.3, -0.25) is 19.4 Å². The second-order valence-electron chi connectivity index (χ2n) is 7.37. The summed E-state index contributed by atoms with van der Waals surface area (Å²) in [4.78, 5) is 21.5. The highest BCUT2D eigenvalue weighted by Gasteiger charge is 2.27. The smallest absolute Gasteiger partial charge is 0.257 e. The molecule has 0 N–H and O–H groups in total. The first kappa shape index (κ1) is 19.4. The van der Waals surface area contributed by atoms with Crippen LogP contribution in [-0.4, -0.2) is 63.8 Å². The summed E-state index contributed by atoms with van der Waals surface area (Å²) >= 11 is 0. The Morgan fingerprint density at radius 3 is 2.59 bits per heavy atom. The fourth-order valence-electron chi connectivity index (χ4n) is 3.81. The van der Waals surface area contributed by atoms with Crippen molar-refractivity contribution in [2.75, 3.05) is 27.2 Å². The zero-order chi connectivity index (χ0) is 19.6. The molecule has 0 spiro atoms. The first-order valence-corrected chi connectivity index (χ1v) is 9.38. The number of hydrogen-bond acceptors (Lipinski definition) is 5. The molecule has 3 rings (SSSR count). The average Bonchev–Trinajstić information content (AvgIpc) is 3.10. The molecule has 1 aliphatic heterocycles. The van der Waals surface area contributed by atoms with Gasteiger partial charge in [0.2, 0.25) is 0 Å². The van der Waals surface area contributed by atoms with Crippen LogP contribution in [0, 0.1) is 13.8 Å². The fourth-order valence-corrected chi connectivity index (χ4v) is 3.81. The molecular formula is C20H29N5O2. The molecule has 7 nitrogen and oxygen atoms in total. The third-order valence-corrected chi connectivity index (χ3v) is 5.50. The van der Waals surface area contributed by atoms with Gasteiger partial charge in [0.1, 0.15) is 5.75 Å². The predicted molar refractivity (Wildman–Crippen MR) is 104 cm³/mol. The van der Waals surface area contributed by atoms with E-state index in [9.17, 15) is 4.79 Å². The van der Waals surface area contributed by atoms with E-state index in [1.807, 2.05) is 32.1 Å². The van der Waals surface area contributed by atoms with Crippen molar-refractivity contribution in [3.63, 3.8) is 0 Å². The van der Waals surface area contributed by atoms with Gasteiger partial charge >= 0.3 is 0 Å². The van der Waals surface area contributed by atoms with Crippen LogP contribution in [0.4, 0.5) is 0 Å². The minimum absolute atomic E-state index is 0.0438. The monoisotopic (exact) mass is 371 g/mol. The zero-order valence-corrected chi connectivity index (χ0v) is 16.9. The number of carbonyl (C=O) groups excluding carboxylic acids is 1. The van der Waals surface area contributed by atoms with Gasteiger partial charge in [-0.15, -0.1) is 0 Å². The highest BCUT2D eigenvalue weighted by molar-refractivity contribution is 5.93. The van der Waals surface area contributed by atoms with Crippen LogP contribution < -0.4 is 4.74 Å². The Labute approximate surface area is 160 Å². The molecule has 1 aliphatic rings. The van der Waals surface area contributed by atoms with Crippen LogP contribution in [0.2, 0.25) is 0 Å². The molecule has 0 radical (unpaired) electrons. The molecule has 3 heterocycles. The Hall–Kier alpha value is -2.41. The van der Waals surface area contributed by atoms with Crippen LogP contribution in [0.1, 0.15) is 40.0 Å². The summed E-state index contributed by atoms with van der Waals surface area (Å²) in [6.45, 7) is 6.80. The van der Waals surface area contributed by atoms with Crippen molar-refractivity contribution in [2.24, 2.45) is 7.05 Å². The number of aromatic nitrogens is 3. The van der Waals surface area contributed by atoms with Crippen molar-refractivity contribution in [1.82, 2.24) is 24.6 Å². The maximum atomic E-state index is 12.6. The maximum absolute atomic E-state index is 12.6. The molecule has 0 atom stereocenters. The number of hydrogen-bond donors (Lipinski definition) is 0. The lowest BCUT2D eigenvalue weighted by molar-refractivity contribution is 0.0635. The minimum atomic E-state index is 0.0438. The predicted octanol–water partition coefficient (Wildman–Crippen LogP) is 2.18. The molecule has 0 aromatic carbocycles. The van der Waals surface area contributed by atoms with E-state index in [2.05, 4.69) is 21.9 Å². The van der Waals surface area contributed by atoms with Crippen molar-refractivity contribution >= 4 is 5.91 Å². The normalized spacial score (nSPS) is 15.7. The quantitative estimate of drug-likeness (QED) is 0.806. The van der Waals surface area contributed by atoms with Crippen LogP contribution >= 0.6 is 0 Å². The Kier molecular flexibility index (Phi) is 5.79. The van der Waals surface area contributed by atoms with E-state index in [0.717, 1.165) is 55.0 Å². The highest BCUT2D eigenvalue weighted by Crippen LogP contribution is 2.26. The topological polar surface area (TPSA) is 63.5 Å². The number of methoxy groups -OCH3 is 1. The van der Waals surface area contributed by atoms with E-state index < -0.39 is 0 Å². The second kappa shape index (κ2) is 8.08. The summed E-state index contributed by atoms with van der Waals surface area (Å²) in [5.41, 5.74) is 3.89. The van der Waals surface area contributed by atoms with Crippen molar-refractivity contribution in [2.45, 2.75) is 39.3 Å². The lowest BCUT2D eigenvalue weighted by Crippen LogP contribution is -2.45. The molecule has 0 saturated carbocycles. The number of likely N-dealkylation sites (tertiary alicyclic amines) is 1. The van der Waals surface area contributed by atoms with Gasteiger partial charge in [0.15, 0.2) is 0 Å². The van der Waals surface area contributed by atoms with E-state index in [1.54, 1.807) is 24.2 Å². The van der Waals surface area contributed by atoms with E-state index in [1.165, 1.54) is 0 Å². The lowest BCUT2D eigenvalue weighted by atomic mass is 10.0. The van der Waals surface area contributed by atoms with E-state index in [-0.39, 0.29) is 11.9 Å². The summed E-state index contributed by atoms with van der Waals surface area (Å²) in [6.07, 6.45) is 7.21. The number of nitrogens with zero attached hydrogens (tertiary/aromatic N) is 5. The summed E-state index contributed by atoms with van der Waals surface area (Å²) in [7, 11) is 5.43. The summed E-state index contributed by atoms with van der Waals surface area (Å²) in [5.74, 6) is 0.971. The number of rotatable bonds is 5. The highest BCUT2D eigenvalue weighted by atomic mass is 16.5. The van der Waals surface area contributed by atoms with Crippen molar-refractivity contribution in [1.29, 1.82) is 0 Å². The molecule has 0 bridgehead atoms. The van der Waals surface area contributed by atoms with Crippen LogP contribution in [0.15, 0.2) is 18.6 Å². The molecular weight excluding hydrogens is 342 g/mol. The number of ether oxygens (including phenoxy) is 1. The molecule has 1 amide bonds. The Balaban J connectivity index is 1.58. The third-order valence-electron chi connectivity index (χ3n) is 5.50. The molecule has 1 fully saturated rings. The zero-order valence-electron chi connectivity index (χ0n) is 16.9. The van der Waals surface area contributed by atoms with Crippen LogP contribution in [-0.2, 0) is 13.6 Å². The van der Waals surface area contributed by atoms with Crippen LogP contribution in [0.3, 0.4) is 0 Å². The Morgan fingerprint density at radius 2 is 2.00 bits per heavy atom. The third kappa shape index (κ3) is 4.13. The first-order valence-electron chi connectivity index (χ1n) is 9.38. The fraction of sp³-hybridized carbons (Fsp3) is 0.550. The van der Waals surface area contributed by atoms with Gasteiger partial charge in [-0.25, -0.2) is 0 Å². The maximum Gasteiger partial charge on any atom is 0.257 e. The average molecular weight is 371 g/mol. The SMILES string of the molecule is COc1c(C)cnc(CN2CCC(N(C)C(=O)c3cnn(C)c3)CC2)c1C. The van der Waals surface area contributed by atoms with Gasteiger partial charge < -0.3 is 9.64 Å². The van der Waals surface area contributed by atoms with Gasteiger partial charge in [0.25, 0.3) is 5.91 Å². The second-order valence-corrected chi connectivity index (χ2v) is 7.37. The molecule has 27 heavy (non-hydrogen) atoms. The van der Waals surface area contributed by atoms with Crippen molar-refractivity contribution in [3.8, 4) is 5.75 Å². The molecule has 0 unspecified atom stereocenters. The van der Waals surface area contributed by atoms with Crippen LogP contribution in [0.25, 0.3) is 0 Å². The van der Waals surface area contributed by atoms with Crippen molar-refractivity contribution < 1.29 is 9.53 Å². The van der Waals surface area contributed by atoms with Crippen molar-refractivity contribution in [3.05, 3.63) is 41.0 Å². The number of aryl methyl sites for hydroxylation is 2. The van der Waals surface area contributed by atoms with E-state index in [4.69, 9.17) is 4.74 Å². The molecule has 2 aromatic rings. The Morgan fingerprint density at radius 1 is 1.30 bits per heavy atom. The van der Waals surface area contributed by atoms with Gasteiger partial charge in [-0.05, 0) is 26.7 Å². The molecule has 7 heteroatoms. The number of carbonyl (C=O) groups is 1. The largest absolute Gasteiger partial charge is 0.496 e. The molecule has 1 saturated heterocycles. The van der Waals surface area contributed by atoms with Gasteiger partial charge in [-0.2, -0.15) is 5.10 Å². The number of piperidine rings is 1. The van der Waals surface area contributed by atoms with Gasteiger partial charge in [0.05, 0.1) is 24.6 Å². The number of pyridine rings is 1. The van der Waals surface area contributed by atoms with E-state index in [0.29, 0.717) is 5.56 Å². The molecule has 0 aliphatic carbocycles. The van der Waals surface area contributed by atoms with E-state index >= 15 is 0 Å². The Bertz CT molecular complexity index is 809. The van der Waals surface area contributed by atoms with Gasteiger partial charge in [0, 0.05) is 63.3 Å². The minimum Gasteiger partial charge on any atom is -0.496 e.